The van der Waals surface area contributed by atoms with Crippen LogP contribution in [-0.4, -0.2) is 24.6 Å². The average molecular weight is 318 g/mol. The van der Waals surface area contributed by atoms with Gasteiger partial charge in [-0.2, -0.15) is 0 Å². The Morgan fingerprint density at radius 2 is 1.73 bits per heavy atom. The van der Waals surface area contributed by atoms with Crippen molar-refractivity contribution < 1.29 is 13.2 Å². The molecule has 0 aliphatic heterocycles. The number of carbonyl (C=O) groups is 1. The van der Waals surface area contributed by atoms with Gasteiger partial charge in [0.1, 0.15) is 5.82 Å². The average Bonchev–Trinajstić information content (AvgIpc) is 2.47. The highest BCUT2D eigenvalue weighted by Gasteiger charge is 2.19. The first kappa shape index (κ1) is 16.2. The van der Waals surface area contributed by atoms with Crippen molar-refractivity contribution in [3.8, 4) is 0 Å². The van der Waals surface area contributed by atoms with Crippen LogP contribution in [0.3, 0.4) is 0 Å². The zero-order chi connectivity index (χ0) is 16.3. The number of aromatic nitrogens is 1. The van der Waals surface area contributed by atoms with Gasteiger partial charge in [-0.3, -0.25) is 4.79 Å². The van der Waals surface area contributed by atoms with Crippen LogP contribution in [0.1, 0.15) is 29.9 Å². The predicted octanol–water partition coefficient (Wildman–Crippen LogP) is 2.82. The molecular formula is C16H18N2O3S. The van der Waals surface area contributed by atoms with Crippen LogP contribution in [0.15, 0.2) is 47.4 Å². The summed E-state index contributed by atoms with van der Waals surface area (Å²) in [5, 5.41) is 2.18. The Bertz CT molecular complexity index is 781. The molecule has 1 N–H and O–H groups in total. The van der Waals surface area contributed by atoms with Gasteiger partial charge < -0.3 is 5.32 Å². The van der Waals surface area contributed by atoms with Crippen molar-refractivity contribution in [3.05, 3.63) is 53.7 Å². The summed E-state index contributed by atoms with van der Waals surface area (Å²) in [5.41, 5.74) is 1.18. The molecule has 0 unspecified atom stereocenters. The van der Waals surface area contributed by atoms with Crippen LogP contribution in [0.25, 0.3) is 0 Å². The summed E-state index contributed by atoms with van der Waals surface area (Å²) in [6.45, 7) is 5.08. The molecule has 2 rings (SSSR count). The number of rotatable bonds is 4. The molecule has 2 aromatic rings. The quantitative estimate of drug-likeness (QED) is 0.940. The van der Waals surface area contributed by atoms with Crippen LogP contribution in [-0.2, 0) is 9.84 Å². The molecule has 22 heavy (non-hydrogen) atoms. The Morgan fingerprint density at radius 1 is 1.09 bits per heavy atom. The van der Waals surface area contributed by atoms with Crippen LogP contribution >= 0.6 is 0 Å². The summed E-state index contributed by atoms with van der Waals surface area (Å²) in [5.74, 6) is 0.135. The van der Waals surface area contributed by atoms with E-state index in [1.807, 2.05) is 13.0 Å². The molecule has 0 radical (unpaired) electrons. The normalized spacial score (nSPS) is 11.5. The lowest BCUT2D eigenvalue weighted by molar-refractivity contribution is 0.102. The van der Waals surface area contributed by atoms with Gasteiger partial charge in [0.25, 0.3) is 5.91 Å². The van der Waals surface area contributed by atoms with Crippen LogP contribution in [0.5, 0.6) is 0 Å². The Hall–Kier alpha value is -2.21. The van der Waals surface area contributed by atoms with E-state index in [9.17, 15) is 13.2 Å². The number of hydrogen-bond donors (Lipinski definition) is 1. The third-order valence-corrected chi connectivity index (χ3v) is 5.37. The number of aryl methyl sites for hydroxylation is 1. The number of sulfone groups is 1. The van der Waals surface area contributed by atoms with Crippen LogP contribution in [0.2, 0.25) is 0 Å². The molecule has 0 spiro atoms. The van der Waals surface area contributed by atoms with Crippen molar-refractivity contribution in [2.75, 3.05) is 5.32 Å². The van der Waals surface area contributed by atoms with E-state index >= 15 is 0 Å². The lowest BCUT2D eigenvalue weighted by Crippen LogP contribution is -2.15. The molecule has 116 valence electrons. The summed E-state index contributed by atoms with van der Waals surface area (Å²) >= 11 is 0. The van der Waals surface area contributed by atoms with Crippen molar-refractivity contribution in [1.82, 2.24) is 4.98 Å². The van der Waals surface area contributed by atoms with E-state index in [1.54, 1.807) is 26.0 Å². The number of carbonyl (C=O) groups excluding carboxylic acids is 1. The van der Waals surface area contributed by atoms with E-state index in [0.717, 1.165) is 5.69 Å². The smallest absolute Gasteiger partial charge is 0.256 e. The maximum absolute atomic E-state index is 12.1. The van der Waals surface area contributed by atoms with Crippen molar-refractivity contribution in [1.29, 1.82) is 0 Å². The molecular weight excluding hydrogens is 300 g/mol. The molecule has 0 aliphatic carbocycles. The zero-order valence-corrected chi connectivity index (χ0v) is 13.5. The highest BCUT2D eigenvalue weighted by molar-refractivity contribution is 7.92. The highest BCUT2D eigenvalue weighted by atomic mass is 32.2. The maximum atomic E-state index is 12.1. The highest BCUT2D eigenvalue weighted by Crippen LogP contribution is 2.17. The van der Waals surface area contributed by atoms with Crippen molar-refractivity contribution in [2.24, 2.45) is 0 Å². The second-order valence-electron chi connectivity index (χ2n) is 5.24. The van der Waals surface area contributed by atoms with Crippen LogP contribution in [0, 0.1) is 6.92 Å². The summed E-state index contributed by atoms with van der Waals surface area (Å²) in [7, 11) is -3.33. The molecule has 0 aliphatic rings. The van der Waals surface area contributed by atoms with E-state index in [2.05, 4.69) is 10.3 Å². The van der Waals surface area contributed by atoms with E-state index < -0.39 is 15.1 Å². The summed E-state index contributed by atoms with van der Waals surface area (Å²) in [4.78, 5) is 16.5. The molecule has 0 saturated carbocycles. The Kier molecular flexibility index (Phi) is 4.61. The monoisotopic (exact) mass is 318 g/mol. The first-order valence-electron chi connectivity index (χ1n) is 6.89. The molecule has 0 atom stereocenters. The Labute approximate surface area is 130 Å². The molecule has 6 heteroatoms. The summed E-state index contributed by atoms with van der Waals surface area (Å²) in [6, 6.07) is 11.2. The van der Waals surface area contributed by atoms with Crippen molar-refractivity contribution in [3.63, 3.8) is 0 Å². The van der Waals surface area contributed by atoms with E-state index in [4.69, 9.17) is 0 Å². The number of hydrogen-bond acceptors (Lipinski definition) is 4. The van der Waals surface area contributed by atoms with Gasteiger partial charge in [0.05, 0.1) is 10.1 Å². The van der Waals surface area contributed by atoms with Crippen molar-refractivity contribution >= 4 is 21.6 Å². The Morgan fingerprint density at radius 3 is 2.27 bits per heavy atom. The maximum Gasteiger partial charge on any atom is 0.256 e. The van der Waals surface area contributed by atoms with Crippen LogP contribution < -0.4 is 5.32 Å². The van der Waals surface area contributed by atoms with E-state index in [1.165, 1.54) is 24.3 Å². The molecule has 1 heterocycles. The minimum absolute atomic E-state index is 0.215. The second-order valence-corrected chi connectivity index (χ2v) is 7.74. The number of benzene rings is 1. The fourth-order valence-electron chi connectivity index (χ4n) is 1.87. The SMILES string of the molecule is Cc1cccc(NC(=O)c2ccc(S(=O)(=O)C(C)C)cc2)n1. The second kappa shape index (κ2) is 6.27. The predicted molar refractivity (Wildman–Crippen MR) is 85.7 cm³/mol. The molecule has 1 aromatic carbocycles. The standard InChI is InChI=1S/C16H18N2O3S/c1-11(2)22(20,21)14-9-7-13(8-10-14)16(19)18-15-6-4-5-12(3)17-15/h4-11H,1-3H3,(H,17,18,19). The van der Waals surface area contributed by atoms with Gasteiger partial charge in [-0.05, 0) is 57.2 Å². The Balaban J connectivity index is 2.19. The largest absolute Gasteiger partial charge is 0.307 e. The van der Waals surface area contributed by atoms with Gasteiger partial charge >= 0.3 is 0 Å². The minimum Gasteiger partial charge on any atom is -0.307 e. The molecule has 0 saturated heterocycles. The lowest BCUT2D eigenvalue weighted by atomic mass is 10.2. The van der Waals surface area contributed by atoms with Gasteiger partial charge in [-0.25, -0.2) is 13.4 Å². The van der Waals surface area contributed by atoms with E-state index in [0.29, 0.717) is 11.4 Å². The van der Waals surface area contributed by atoms with Gasteiger partial charge in [0.2, 0.25) is 0 Å². The topological polar surface area (TPSA) is 76.1 Å². The van der Waals surface area contributed by atoms with Gasteiger partial charge in [0.15, 0.2) is 9.84 Å². The molecule has 1 amide bonds. The fourth-order valence-corrected chi connectivity index (χ4v) is 2.93. The van der Waals surface area contributed by atoms with Gasteiger partial charge in [-0.15, -0.1) is 0 Å². The number of pyridine rings is 1. The van der Waals surface area contributed by atoms with Gasteiger partial charge in [-0.1, -0.05) is 6.07 Å². The fraction of sp³-hybridized carbons (Fsp3) is 0.250. The molecule has 1 aromatic heterocycles. The van der Waals surface area contributed by atoms with E-state index in [-0.39, 0.29) is 10.8 Å². The zero-order valence-electron chi connectivity index (χ0n) is 12.7. The first-order chi connectivity index (χ1) is 10.3. The van der Waals surface area contributed by atoms with Gasteiger partial charge in [0, 0.05) is 11.3 Å². The number of amides is 1. The van der Waals surface area contributed by atoms with Crippen LogP contribution in [0.4, 0.5) is 5.82 Å². The molecule has 5 nitrogen and oxygen atoms in total. The number of nitrogens with zero attached hydrogens (tertiary/aromatic N) is 1. The molecule has 0 fully saturated rings. The minimum atomic E-state index is -3.33. The molecule has 0 bridgehead atoms. The first-order valence-corrected chi connectivity index (χ1v) is 8.44. The summed E-state index contributed by atoms with van der Waals surface area (Å²) in [6.07, 6.45) is 0. The summed E-state index contributed by atoms with van der Waals surface area (Å²) < 4.78 is 24.1. The number of anilines is 1. The third-order valence-electron chi connectivity index (χ3n) is 3.20. The van der Waals surface area contributed by atoms with Crippen molar-refractivity contribution in [2.45, 2.75) is 30.9 Å². The third kappa shape index (κ3) is 3.51. The number of nitrogens with one attached hydrogen (secondary N) is 1. The lowest BCUT2D eigenvalue weighted by Gasteiger charge is -2.09.